The second-order valence-electron chi connectivity index (χ2n) is 3.42. The molecule has 0 amide bonds. The summed E-state index contributed by atoms with van der Waals surface area (Å²) >= 11 is 0. The molecule has 0 unspecified atom stereocenters. The Labute approximate surface area is 96.7 Å². The zero-order chi connectivity index (χ0) is 11.7. The van der Waals surface area contributed by atoms with Crippen molar-refractivity contribution in [2.24, 2.45) is 0 Å². The summed E-state index contributed by atoms with van der Waals surface area (Å²) in [4.78, 5) is 19.5. The monoisotopic (exact) mass is 227 g/mol. The number of hydrogen-bond donors (Lipinski definition) is 1. The second kappa shape index (κ2) is 3.82. The maximum Gasteiger partial charge on any atom is 0.181 e. The molecular formula is C11H9N5O. The third-order valence-corrected chi connectivity index (χ3v) is 2.42. The molecular weight excluding hydrogens is 218 g/mol. The lowest BCUT2D eigenvalue weighted by Gasteiger charge is -2.03. The van der Waals surface area contributed by atoms with Gasteiger partial charge in [-0.15, -0.1) is 0 Å². The van der Waals surface area contributed by atoms with Gasteiger partial charge in [0.25, 0.3) is 0 Å². The van der Waals surface area contributed by atoms with E-state index in [0.717, 1.165) is 11.1 Å². The number of imidazole rings is 1. The van der Waals surface area contributed by atoms with Crippen molar-refractivity contribution in [2.45, 2.75) is 0 Å². The summed E-state index contributed by atoms with van der Waals surface area (Å²) in [6, 6.07) is 1.84. The number of ether oxygens (including phenoxy) is 1. The number of methoxy groups -OCH3 is 1. The average molecular weight is 227 g/mol. The molecule has 0 bridgehead atoms. The third kappa shape index (κ3) is 1.59. The molecule has 3 heterocycles. The average Bonchev–Trinajstić information content (AvgIpc) is 2.82. The van der Waals surface area contributed by atoms with Crippen LogP contribution in [0.2, 0.25) is 0 Å². The number of hydrogen-bond acceptors (Lipinski definition) is 5. The molecule has 0 fully saturated rings. The van der Waals surface area contributed by atoms with E-state index in [-0.39, 0.29) is 0 Å². The molecule has 3 rings (SSSR count). The first-order chi connectivity index (χ1) is 8.38. The van der Waals surface area contributed by atoms with Gasteiger partial charge in [-0.05, 0) is 6.07 Å². The Morgan fingerprint density at radius 1 is 1.24 bits per heavy atom. The number of nitrogens with zero attached hydrogens (tertiary/aromatic N) is 4. The highest BCUT2D eigenvalue weighted by Gasteiger charge is 2.10. The maximum atomic E-state index is 5.24. The van der Waals surface area contributed by atoms with Crippen molar-refractivity contribution in [3.63, 3.8) is 0 Å². The lowest BCUT2D eigenvalue weighted by Crippen LogP contribution is -1.89. The van der Waals surface area contributed by atoms with Crippen LogP contribution >= 0.6 is 0 Å². The van der Waals surface area contributed by atoms with Crippen LogP contribution < -0.4 is 4.74 Å². The summed E-state index contributed by atoms with van der Waals surface area (Å²) < 4.78 is 5.24. The van der Waals surface area contributed by atoms with Crippen LogP contribution in [0.1, 0.15) is 0 Å². The zero-order valence-corrected chi connectivity index (χ0v) is 9.08. The van der Waals surface area contributed by atoms with Gasteiger partial charge in [0.05, 0.1) is 25.1 Å². The van der Waals surface area contributed by atoms with E-state index in [2.05, 4.69) is 24.9 Å². The number of aromatic amines is 1. The predicted octanol–water partition coefficient (Wildman–Crippen LogP) is 1.42. The Morgan fingerprint density at radius 3 is 3.00 bits per heavy atom. The van der Waals surface area contributed by atoms with Crippen molar-refractivity contribution >= 4 is 11.2 Å². The molecule has 3 aromatic heterocycles. The van der Waals surface area contributed by atoms with Gasteiger partial charge in [0.15, 0.2) is 5.65 Å². The molecule has 0 atom stereocenters. The number of fused-ring (bicyclic) bond motifs is 1. The minimum Gasteiger partial charge on any atom is -0.494 e. The summed E-state index contributed by atoms with van der Waals surface area (Å²) in [5.74, 6) is 1.36. The van der Waals surface area contributed by atoms with E-state index < -0.39 is 0 Å². The van der Waals surface area contributed by atoms with Gasteiger partial charge in [-0.1, -0.05) is 0 Å². The molecule has 0 aliphatic rings. The SMILES string of the molecule is COc1cnccc1-c1nc2ncncc2[nH]1. The van der Waals surface area contributed by atoms with Crippen molar-refractivity contribution in [1.29, 1.82) is 0 Å². The fourth-order valence-corrected chi connectivity index (χ4v) is 1.63. The minimum atomic E-state index is 0.633. The van der Waals surface area contributed by atoms with Crippen LogP contribution in [0.5, 0.6) is 5.75 Å². The lowest BCUT2D eigenvalue weighted by molar-refractivity contribution is 0.414. The third-order valence-electron chi connectivity index (χ3n) is 2.42. The summed E-state index contributed by atoms with van der Waals surface area (Å²) in [6.45, 7) is 0. The molecule has 84 valence electrons. The molecule has 0 aliphatic carbocycles. The van der Waals surface area contributed by atoms with Crippen LogP contribution in [-0.4, -0.2) is 32.0 Å². The van der Waals surface area contributed by atoms with E-state index >= 15 is 0 Å². The van der Waals surface area contributed by atoms with Gasteiger partial charge in [-0.3, -0.25) is 4.98 Å². The molecule has 6 nitrogen and oxygen atoms in total. The fourth-order valence-electron chi connectivity index (χ4n) is 1.63. The molecule has 6 heteroatoms. The summed E-state index contributed by atoms with van der Waals surface area (Å²) in [5.41, 5.74) is 2.27. The van der Waals surface area contributed by atoms with E-state index in [1.807, 2.05) is 6.07 Å². The van der Waals surface area contributed by atoms with Crippen LogP contribution in [0.4, 0.5) is 0 Å². The fraction of sp³-hybridized carbons (Fsp3) is 0.0909. The van der Waals surface area contributed by atoms with Crippen LogP contribution in [0.25, 0.3) is 22.6 Å². The molecule has 3 aromatic rings. The number of aromatic nitrogens is 5. The first-order valence-electron chi connectivity index (χ1n) is 5.02. The van der Waals surface area contributed by atoms with Crippen LogP contribution in [0.15, 0.2) is 31.0 Å². The number of H-pyrrole nitrogens is 1. The molecule has 0 spiro atoms. The molecule has 0 radical (unpaired) electrons. The minimum absolute atomic E-state index is 0.633. The molecule has 17 heavy (non-hydrogen) atoms. The Hall–Kier alpha value is -2.50. The Kier molecular flexibility index (Phi) is 2.18. The first-order valence-corrected chi connectivity index (χ1v) is 5.02. The predicted molar refractivity (Wildman–Crippen MR) is 61.5 cm³/mol. The van der Waals surface area contributed by atoms with E-state index in [1.165, 1.54) is 6.33 Å². The normalized spacial score (nSPS) is 10.6. The van der Waals surface area contributed by atoms with Crippen LogP contribution in [0, 0.1) is 0 Å². The van der Waals surface area contributed by atoms with Crippen molar-refractivity contribution in [3.05, 3.63) is 31.0 Å². The molecule has 0 saturated carbocycles. The number of nitrogens with one attached hydrogen (secondary N) is 1. The van der Waals surface area contributed by atoms with Gasteiger partial charge >= 0.3 is 0 Å². The van der Waals surface area contributed by atoms with Crippen molar-refractivity contribution in [1.82, 2.24) is 24.9 Å². The summed E-state index contributed by atoms with van der Waals surface area (Å²) in [5, 5.41) is 0. The number of rotatable bonds is 2. The maximum absolute atomic E-state index is 5.24. The largest absolute Gasteiger partial charge is 0.494 e. The Balaban J connectivity index is 2.20. The standard InChI is InChI=1S/C11H9N5O/c1-17-9-5-12-3-2-7(9)10-15-8-4-13-6-14-11(8)16-10/h2-6H,1H3,(H,13,14,15,16). The Morgan fingerprint density at radius 2 is 2.18 bits per heavy atom. The van der Waals surface area contributed by atoms with Gasteiger partial charge in [0, 0.05) is 6.20 Å². The van der Waals surface area contributed by atoms with E-state index in [9.17, 15) is 0 Å². The van der Waals surface area contributed by atoms with Crippen molar-refractivity contribution in [2.75, 3.05) is 7.11 Å². The molecule has 0 saturated heterocycles. The van der Waals surface area contributed by atoms with Crippen LogP contribution in [-0.2, 0) is 0 Å². The summed E-state index contributed by atoms with van der Waals surface area (Å²) in [7, 11) is 1.60. The number of pyridine rings is 1. The molecule has 1 N–H and O–H groups in total. The highest BCUT2D eigenvalue weighted by atomic mass is 16.5. The highest BCUT2D eigenvalue weighted by Crippen LogP contribution is 2.27. The molecule has 0 aromatic carbocycles. The smallest absolute Gasteiger partial charge is 0.181 e. The second-order valence-corrected chi connectivity index (χ2v) is 3.42. The highest BCUT2D eigenvalue weighted by molar-refractivity contribution is 5.76. The van der Waals surface area contributed by atoms with Gasteiger partial charge in [-0.25, -0.2) is 15.0 Å². The zero-order valence-electron chi connectivity index (χ0n) is 9.08. The van der Waals surface area contributed by atoms with Gasteiger partial charge in [-0.2, -0.15) is 0 Å². The molecule has 0 aliphatic heterocycles. The van der Waals surface area contributed by atoms with E-state index in [0.29, 0.717) is 17.2 Å². The quantitative estimate of drug-likeness (QED) is 0.716. The van der Waals surface area contributed by atoms with Gasteiger partial charge in [0.2, 0.25) is 0 Å². The van der Waals surface area contributed by atoms with E-state index in [1.54, 1.807) is 25.7 Å². The lowest BCUT2D eigenvalue weighted by atomic mass is 10.2. The van der Waals surface area contributed by atoms with Gasteiger partial charge in [0.1, 0.15) is 23.4 Å². The van der Waals surface area contributed by atoms with Crippen molar-refractivity contribution in [3.8, 4) is 17.1 Å². The van der Waals surface area contributed by atoms with Gasteiger partial charge < -0.3 is 9.72 Å². The first kappa shape index (κ1) is 9.71. The van der Waals surface area contributed by atoms with E-state index in [4.69, 9.17) is 4.74 Å². The van der Waals surface area contributed by atoms with Crippen molar-refractivity contribution < 1.29 is 4.74 Å². The summed E-state index contributed by atoms with van der Waals surface area (Å²) in [6.07, 6.45) is 6.49. The topological polar surface area (TPSA) is 76.6 Å². The van der Waals surface area contributed by atoms with Crippen LogP contribution in [0.3, 0.4) is 0 Å². The Bertz CT molecular complexity index is 631.